The van der Waals surface area contributed by atoms with Crippen LogP contribution in [0.2, 0.25) is 0 Å². The fourth-order valence-corrected chi connectivity index (χ4v) is 3.82. The van der Waals surface area contributed by atoms with Crippen LogP contribution in [0.3, 0.4) is 0 Å². The van der Waals surface area contributed by atoms with Crippen LogP contribution in [0.5, 0.6) is 0 Å². The first kappa shape index (κ1) is 17.2. The fraction of sp³-hybridized carbons (Fsp3) is 0.500. The maximum atomic E-state index is 12.6. The van der Waals surface area contributed by atoms with Crippen LogP contribution in [0, 0.1) is 0 Å². The minimum atomic E-state index is 0.00181. The number of amides is 1. The van der Waals surface area contributed by atoms with E-state index in [-0.39, 0.29) is 5.91 Å². The van der Waals surface area contributed by atoms with E-state index >= 15 is 0 Å². The summed E-state index contributed by atoms with van der Waals surface area (Å²) < 4.78 is 7.22. The van der Waals surface area contributed by atoms with Gasteiger partial charge in [0.2, 0.25) is 5.91 Å². The standard InChI is InChI=1S/C20H26N4O2/c25-20(15-23-10-12-26-13-11-23)21-19-14-18(16-6-4-5-7-16)22-24(19)17-8-2-1-3-9-17/h1-3,8-9,14,16H,4-7,10-13,15H2,(H,21,25). The third kappa shape index (κ3) is 3.97. The van der Waals surface area contributed by atoms with Gasteiger partial charge in [-0.2, -0.15) is 5.10 Å². The molecule has 0 spiro atoms. The largest absolute Gasteiger partial charge is 0.379 e. The molecule has 1 saturated heterocycles. The molecule has 1 amide bonds. The van der Waals surface area contributed by atoms with Gasteiger partial charge in [0.1, 0.15) is 5.82 Å². The zero-order chi connectivity index (χ0) is 17.8. The highest BCUT2D eigenvalue weighted by Crippen LogP contribution is 2.35. The van der Waals surface area contributed by atoms with E-state index in [4.69, 9.17) is 9.84 Å². The molecule has 1 aromatic heterocycles. The molecule has 0 unspecified atom stereocenters. The molecule has 1 aliphatic carbocycles. The zero-order valence-corrected chi connectivity index (χ0v) is 15.1. The Morgan fingerprint density at radius 2 is 1.88 bits per heavy atom. The molecular formula is C20H26N4O2. The SMILES string of the molecule is O=C(CN1CCOCC1)Nc1cc(C2CCCC2)nn1-c1ccccc1. The van der Waals surface area contributed by atoms with Gasteiger partial charge in [0.15, 0.2) is 0 Å². The van der Waals surface area contributed by atoms with Crippen LogP contribution >= 0.6 is 0 Å². The Labute approximate surface area is 154 Å². The number of hydrogen-bond acceptors (Lipinski definition) is 4. The summed E-state index contributed by atoms with van der Waals surface area (Å²) in [6.07, 6.45) is 4.91. The van der Waals surface area contributed by atoms with E-state index in [2.05, 4.69) is 16.3 Å². The number of rotatable bonds is 5. The molecule has 138 valence electrons. The van der Waals surface area contributed by atoms with Crippen molar-refractivity contribution in [2.75, 3.05) is 38.2 Å². The fourth-order valence-electron chi connectivity index (χ4n) is 3.82. The summed E-state index contributed by atoms with van der Waals surface area (Å²) in [6, 6.07) is 12.1. The lowest BCUT2D eigenvalue weighted by atomic mass is 10.0. The van der Waals surface area contributed by atoms with Crippen LogP contribution in [-0.4, -0.2) is 53.4 Å². The lowest BCUT2D eigenvalue weighted by molar-refractivity contribution is -0.118. The molecule has 0 bridgehead atoms. The maximum Gasteiger partial charge on any atom is 0.239 e. The van der Waals surface area contributed by atoms with E-state index < -0.39 is 0 Å². The molecule has 2 aliphatic rings. The Hall–Kier alpha value is -2.18. The minimum Gasteiger partial charge on any atom is -0.379 e. The summed E-state index contributed by atoms with van der Waals surface area (Å²) in [5, 5.41) is 7.91. The summed E-state index contributed by atoms with van der Waals surface area (Å²) in [7, 11) is 0. The second kappa shape index (κ2) is 8.01. The molecule has 6 nitrogen and oxygen atoms in total. The summed E-state index contributed by atoms with van der Waals surface area (Å²) in [6.45, 7) is 3.39. The first-order chi connectivity index (χ1) is 12.8. The van der Waals surface area contributed by atoms with Gasteiger partial charge in [-0.1, -0.05) is 31.0 Å². The van der Waals surface area contributed by atoms with Crippen LogP contribution in [0.1, 0.15) is 37.3 Å². The van der Waals surface area contributed by atoms with Crippen LogP contribution in [0.25, 0.3) is 5.69 Å². The van der Waals surface area contributed by atoms with Gasteiger partial charge in [-0.25, -0.2) is 4.68 Å². The number of anilines is 1. The summed E-state index contributed by atoms with van der Waals surface area (Å²) in [5.74, 6) is 1.27. The number of benzene rings is 1. The second-order valence-corrected chi connectivity index (χ2v) is 7.12. The Kier molecular flexibility index (Phi) is 5.32. The molecule has 1 saturated carbocycles. The number of para-hydroxylation sites is 1. The molecule has 2 aromatic rings. The lowest BCUT2D eigenvalue weighted by Gasteiger charge is -2.25. The van der Waals surface area contributed by atoms with Crippen LogP contribution in [-0.2, 0) is 9.53 Å². The number of nitrogens with one attached hydrogen (secondary N) is 1. The van der Waals surface area contributed by atoms with Gasteiger partial charge < -0.3 is 10.1 Å². The Morgan fingerprint density at radius 3 is 2.62 bits per heavy atom. The summed E-state index contributed by atoms with van der Waals surface area (Å²) >= 11 is 0. The van der Waals surface area contributed by atoms with Gasteiger partial charge in [0, 0.05) is 25.1 Å². The zero-order valence-electron chi connectivity index (χ0n) is 15.1. The van der Waals surface area contributed by atoms with Crippen molar-refractivity contribution in [1.29, 1.82) is 0 Å². The predicted molar refractivity (Wildman–Crippen MR) is 101 cm³/mol. The molecule has 6 heteroatoms. The first-order valence-electron chi connectivity index (χ1n) is 9.55. The number of morpholine rings is 1. The van der Waals surface area contributed by atoms with E-state index in [1.54, 1.807) is 0 Å². The molecule has 1 aromatic carbocycles. The highest BCUT2D eigenvalue weighted by Gasteiger charge is 2.23. The number of nitrogens with zero attached hydrogens (tertiary/aromatic N) is 3. The average Bonchev–Trinajstić information content (AvgIpc) is 3.33. The molecule has 2 heterocycles. The first-order valence-corrected chi connectivity index (χ1v) is 9.55. The van der Waals surface area contributed by atoms with E-state index in [1.165, 1.54) is 25.7 Å². The highest BCUT2D eigenvalue weighted by atomic mass is 16.5. The van der Waals surface area contributed by atoms with E-state index in [0.29, 0.717) is 25.7 Å². The van der Waals surface area contributed by atoms with Gasteiger partial charge in [-0.15, -0.1) is 0 Å². The number of aromatic nitrogens is 2. The van der Waals surface area contributed by atoms with Gasteiger partial charge in [-0.3, -0.25) is 9.69 Å². The van der Waals surface area contributed by atoms with Gasteiger partial charge in [-0.05, 0) is 25.0 Å². The van der Waals surface area contributed by atoms with Crippen LogP contribution in [0.15, 0.2) is 36.4 Å². The van der Waals surface area contributed by atoms with E-state index in [9.17, 15) is 4.79 Å². The van der Waals surface area contributed by atoms with E-state index in [0.717, 1.165) is 30.3 Å². The normalized spacial score (nSPS) is 18.9. The average molecular weight is 354 g/mol. The molecule has 1 aliphatic heterocycles. The smallest absolute Gasteiger partial charge is 0.239 e. The molecule has 0 atom stereocenters. The van der Waals surface area contributed by atoms with Crippen molar-refractivity contribution < 1.29 is 9.53 Å². The van der Waals surface area contributed by atoms with Crippen molar-refractivity contribution in [2.24, 2.45) is 0 Å². The topological polar surface area (TPSA) is 59.4 Å². The Morgan fingerprint density at radius 1 is 1.15 bits per heavy atom. The molecule has 4 rings (SSSR count). The van der Waals surface area contributed by atoms with Crippen molar-refractivity contribution in [1.82, 2.24) is 14.7 Å². The van der Waals surface area contributed by atoms with Crippen LogP contribution < -0.4 is 5.32 Å². The number of carbonyl (C=O) groups is 1. The third-order valence-electron chi connectivity index (χ3n) is 5.24. The van der Waals surface area contributed by atoms with Crippen molar-refractivity contribution in [2.45, 2.75) is 31.6 Å². The third-order valence-corrected chi connectivity index (χ3v) is 5.24. The van der Waals surface area contributed by atoms with Crippen molar-refractivity contribution in [3.8, 4) is 5.69 Å². The summed E-state index contributed by atoms with van der Waals surface area (Å²) in [4.78, 5) is 14.7. The maximum absolute atomic E-state index is 12.6. The lowest BCUT2D eigenvalue weighted by Crippen LogP contribution is -2.41. The number of carbonyl (C=O) groups excluding carboxylic acids is 1. The minimum absolute atomic E-state index is 0.00181. The quantitative estimate of drug-likeness (QED) is 0.897. The predicted octanol–water partition coefficient (Wildman–Crippen LogP) is 2.80. The summed E-state index contributed by atoms with van der Waals surface area (Å²) in [5.41, 5.74) is 2.06. The van der Waals surface area contributed by atoms with Crippen molar-refractivity contribution in [3.05, 3.63) is 42.1 Å². The van der Waals surface area contributed by atoms with Crippen molar-refractivity contribution >= 4 is 11.7 Å². The Bertz CT molecular complexity index is 732. The number of hydrogen-bond donors (Lipinski definition) is 1. The number of ether oxygens (including phenoxy) is 1. The molecule has 26 heavy (non-hydrogen) atoms. The van der Waals surface area contributed by atoms with Crippen LogP contribution in [0.4, 0.5) is 5.82 Å². The van der Waals surface area contributed by atoms with E-state index in [1.807, 2.05) is 35.0 Å². The molecular weight excluding hydrogens is 328 g/mol. The van der Waals surface area contributed by atoms with Gasteiger partial charge >= 0.3 is 0 Å². The molecule has 1 N–H and O–H groups in total. The monoisotopic (exact) mass is 354 g/mol. The Balaban J connectivity index is 1.53. The molecule has 2 fully saturated rings. The highest BCUT2D eigenvalue weighted by molar-refractivity contribution is 5.91. The van der Waals surface area contributed by atoms with Crippen molar-refractivity contribution in [3.63, 3.8) is 0 Å². The molecule has 0 radical (unpaired) electrons. The van der Waals surface area contributed by atoms with Gasteiger partial charge in [0.05, 0.1) is 31.1 Å². The van der Waals surface area contributed by atoms with Gasteiger partial charge in [0.25, 0.3) is 0 Å². The second-order valence-electron chi connectivity index (χ2n) is 7.12.